The maximum Gasteiger partial charge on any atom is 0.323 e. The third-order valence-electron chi connectivity index (χ3n) is 2.18. The highest BCUT2D eigenvalue weighted by Crippen LogP contribution is 2.09. The van der Waals surface area contributed by atoms with Crippen molar-refractivity contribution in [3.8, 4) is 0 Å². The molecule has 0 saturated heterocycles. The molecule has 2 atom stereocenters. The lowest BCUT2D eigenvalue weighted by molar-refractivity contribution is -0.144. The van der Waals surface area contributed by atoms with Crippen LogP contribution in [0.25, 0.3) is 0 Å². The van der Waals surface area contributed by atoms with Gasteiger partial charge in [-0.15, -0.1) is 0 Å². The molecule has 0 rings (SSSR count). The first-order chi connectivity index (χ1) is 6.02. The first-order valence-corrected chi connectivity index (χ1v) is 4.86. The van der Waals surface area contributed by atoms with Crippen molar-refractivity contribution in [1.29, 1.82) is 0 Å². The molecule has 0 radical (unpaired) electrons. The zero-order valence-electron chi connectivity index (χ0n) is 9.26. The number of carbonyl (C=O) groups excluding carboxylic acids is 1. The van der Waals surface area contributed by atoms with Gasteiger partial charge in [-0.25, -0.2) is 0 Å². The lowest BCUT2D eigenvalue weighted by Crippen LogP contribution is -2.45. The molecule has 0 aliphatic heterocycles. The largest absolute Gasteiger partial charge is 0.468 e. The third kappa shape index (κ3) is 4.27. The average Bonchev–Trinajstić information content (AvgIpc) is 2.11. The molecular formula is C10H21NO2. The molecule has 13 heavy (non-hydrogen) atoms. The number of ether oxygens (including phenoxy) is 1. The van der Waals surface area contributed by atoms with Crippen LogP contribution in [0.2, 0.25) is 0 Å². The fourth-order valence-electron chi connectivity index (χ4n) is 1.19. The predicted octanol–water partition coefficient (Wildman–Crippen LogP) is 1.57. The Balaban J connectivity index is 4.26. The Kier molecular flexibility index (Phi) is 5.71. The van der Waals surface area contributed by atoms with Crippen molar-refractivity contribution in [1.82, 2.24) is 5.32 Å². The minimum atomic E-state index is -0.171. The summed E-state index contributed by atoms with van der Waals surface area (Å²) in [7, 11) is 1.43. The second-order valence-electron chi connectivity index (χ2n) is 3.71. The van der Waals surface area contributed by atoms with Crippen molar-refractivity contribution >= 4 is 5.97 Å². The minimum absolute atomic E-state index is 0.164. The molecule has 0 fully saturated rings. The zero-order chi connectivity index (χ0) is 10.4. The van der Waals surface area contributed by atoms with E-state index in [1.807, 2.05) is 13.8 Å². The van der Waals surface area contributed by atoms with Gasteiger partial charge in [0.15, 0.2) is 0 Å². The molecule has 0 aromatic carbocycles. The van der Waals surface area contributed by atoms with Crippen molar-refractivity contribution in [2.75, 3.05) is 7.11 Å². The summed E-state index contributed by atoms with van der Waals surface area (Å²) >= 11 is 0. The lowest BCUT2D eigenvalue weighted by atomic mass is 9.98. The van der Waals surface area contributed by atoms with E-state index in [-0.39, 0.29) is 12.0 Å². The van der Waals surface area contributed by atoms with Crippen LogP contribution in [0.5, 0.6) is 0 Å². The van der Waals surface area contributed by atoms with E-state index < -0.39 is 0 Å². The van der Waals surface area contributed by atoms with Gasteiger partial charge in [-0.2, -0.15) is 0 Å². The van der Waals surface area contributed by atoms with Crippen LogP contribution in [0.4, 0.5) is 0 Å². The first-order valence-electron chi connectivity index (χ1n) is 4.86. The first kappa shape index (κ1) is 12.4. The summed E-state index contributed by atoms with van der Waals surface area (Å²) in [6.07, 6.45) is 0.972. The molecule has 0 spiro atoms. The monoisotopic (exact) mass is 187 g/mol. The van der Waals surface area contributed by atoms with E-state index in [4.69, 9.17) is 4.74 Å². The van der Waals surface area contributed by atoms with Crippen LogP contribution in [-0.4, -0.2) is 25.2 Å². The fourth-order valence-corrected chi connectivity index (χ4v) is 1.19. The number of carbonyl (C=O) groups is 1. The second-order valence-corrected chi connectivity index (χ2v) is 3.71. The summed E-state index contributed by atoms with van der Waals surface area (Å²) in [6.45, 7) is 8.18. The van der Waals surface area contributed by atoms with E-state index in [1.54, 1.807) is 0 Å². The Morgan fingerprint density at radius 1 is 1.38 bits per heavy atom. The summed E-state index contributed by atoms with van der Waals surface area (Å²) < 4.78 is 4.73. The summed E-state index contributed by atoms with van der Waals surface area (Å²) in [5.74, 6) is 0.151. The van der Waals surface area contributed by atoms with Crippen molar-refractivity contribution in [3.63, 3.8) is 0 Å². The van der Waals surface area contributed by atoms with Gasteiger partial charge >= 0.3 is 5.97 Å². The molecule has 0 aromatic heterocycles. The molecule has 0 heterocycles. The van der Waals surface area contributed by atoms with E-state index in [1.165, 1.54) is 7.11 Å². The molecule has 0 aliphatic carbocycles. The van der Waals surface area contributed by atoms with Crippen LogP contribution in [-0.2, 0) is 9.53 Å². The number of methoxy groups -OCH3 is 1. The minimum Gasteiger partial charge on any atom is -0.468 e. The topological polar surface area (TPSA) is 38.3 Å². The van der Waals surface area contributed by atoms with E-state index in [0.717, 1.165) is 6.42 Å². The Hall–Kier alpha value is -0.570. The molecule has 0 aliphatic rings. The molecule has 0 saturated carbocycles. The van der Waals surface area contributed by atoms with Gasteiger partial charge in [0.05, 0.1) is 7.11 Å². The standard InChI is InChI=1S/C10H21NO2/c1-6-8(4)9(10(12)13-5)11-7(2)3/h7-9,11H,6H2,1-5H3. The van der Waals surface area contributed by atoms with Gasteiger partial charge < -0.3 is 10.1 Å². The van der Waals surface area contributed by atoms with E-state index in [9.17, 15) is 4.79 Å². The summed E-state index contributed by atoms with van der Waals surface area (Å²) in [4.78, 5) is 11.4. The summed E-state index contributed by atoms with van der Waals surface area (Å²) in [5.41, 5.74) is 0. The van der Waals surface area contributed by atoms with Crippen molar-refractivity contribution < 1.29 is 9.53 Å². The molecule has 3 nitrogen and oxygen atoms in total. The number of rotatable bonds is 5. The number of hydrogen-bond acceptors (Lipinski definition) is 3. The van der Waals surface area contributed by atoms with E-state index in [2.05, 4.69) is 19.2 Å². The lowest BCUT2D eigenvalue weighted by Gasteiger charge is -2.23. The zero-order valence-corrected chi connectivity index (χ0v) is 9.26. The van der Waals surface area contributed by atoms with Gasteiger partial charge in [0.1, 0.15) is 6.04 Å². The number of nitrogens with one attached hydrogen (secondary N) is 1. The SMILES string of the molecule is CCC(C)C(NC(C)C)C(=O)OC. The summed E-state index contributed by atoms with van der Waals surface area (Å²) in [5, 5.41) is 3.21. The van der Waals surface area contributed by atoms with Crippen LogP contribution >= 0.6 is 0 Å². The van der Waals surface area contributed by atoms with Gasteiger partial charge in [-0.3, -0.25) is 4.79 Å². The van der Waals surface area contributed by atoms with Gasteiger partial charge in [-0.05, 0) is 5.92 Å². The molecule has 3 heteroatoms. The van der Waals surface area contributed by atoms with Crippen molar-refractivity contribution in [2.45, 2.75) is 46.2 Å². The van der Waals surface area contributed by atoms with Gasteiger partial charge in [0.2, 0.25) is 0 Å². The van der Waals surface area contributed by atoms with Crippen LogP contribution in [0, 0.1) is 5.92 Å². The predicted molar refractivity (Wildman–Crippen MR) is 53.5 cm³/mol. The van der Waals surface area contributed by atoms with Crippen LogP contribution < -0.4 is 5.32 Å². The van der Waals surface area contributed by atoms with Gasteiger partial charge in [-0.1, -0.05) is 34.1 Å². The highest BCUT2D eigenvalue weighted by Gasteiger charge is 2.24. The highest BCUT2D eigenvalue weighted by atomic mass is 16.5. The van der Waals surface area contributed by atoms with Crippen LogP contribution in [0.1, 0.15) is 34.1 Å². The smallest absolute Gasteiger partial charge is 0.323 e. The molecule has 78 valence electrons. The fraction of sp³-hybridized carbons (Fsp3) is 0.900. The average molecular weight is 187 g/mol. The van der Waals surface area contributed by atoms with E-state index >= 15 is 0 Å². The molecule has 2 unspecified atom stereocenters. The Labute approximate surface area is 80.8 Å². The summed E-state index contributed by atoms with van der Waals surface area (Å²) in [6, 6.07) is 0.132. The van der Waals surface area contributed by atoms with Crippen LogP contribution in [0.3, 0.4) is 0 Å². The quantitative estimate of drug-likeness (QED) is 0.664. The molecule has 0 bridgehead atoms. The Morgan fingerprint density at radius 3 is 2.23 bits per heavy atom. The molecule has 0 amide bonds. The molecule has 1 N–H and O–H groups in total. The number of esters is 1. The normalized spacial score (nSPS) is 15.5. The maximum absolute atomic E-state index is 11.4. The highest BCUT2D eigenvalue weighted by molar-refractivity contribution is 5.76. The molecule has 0 aromatic rings. The van der Waals surface area contributed by atoms with E-state index in [0.29, 0.717) is 12.0 Å². The maximum atomic E-state index is 11.4. The second kappa shape index (κ2) is 5.97. The van der Waals surface area contributed by atoms with Crippen LogP contribution in [0.15, 0.2) is 0 Å². The molecular weight excluding hydrogens is 166 g/mol. The Morgan fingerprint density at radius 2 is 1.92 bits per heavy atom. The third-order valence-corrected chi connectivity index (χ3v) is 2.18. The van der Waals surface area contributed by atoms with Gasteiger partial charge in [0.25, 0.3) is 0 Å². The van der Waals surface area contributed by atoms with Gasteiger partial charge in [0, 0.05) is 6.04 Å². The number of hydrogen-bond donors (Lipinski definition) is 1. The Bertz CT molecular complexity index is 157. The van der Waals surface area contributed by atoms with Crippen molar-refractivity contribution in [3.05, 3.63) is 0 Å². The van der Waals surface area contributed by atoms with Crippen molar-refractivity contribution in [2.24, 2.45) is 5.92 Å².